The average molecular weight is 428 g/mol. The van der Waals surface area contributed by atoms with Crippen LogP contribution in [0.4, 0.5) is 5.95 Å². The van der Waals surface area contributed by atoms with Crippen molar-refractivity contribution in [3.8, 4) is 5.75 Å². The Morgan fingerprint density at radius 1 is 1.23 bits per heavy atom. The average Bonchev–Trinajstić information content (AvgIpc) is 3.12. The van der Waals surface area contributed by atoms with Crippen molar-refractivity contribution < 1.29 is 9.84 Å². The van der Waals surface area contributed by atoms with E-state index in [2.05, 4.69) is 21.8 Å². The number of hydrogen-bond acceptors (Lipinski definition) is 6. The Kier molecular flexibility index (Phi) is 5.86. The van der Waals surface area contributed by atoms with Gasteiger partial charge in [-0.15, -0.1) is 0 Å². The van der Waals surface area contributed by atoms with Crippen LogP contribution in [0.1, 0.15) is 25.3 Å². The maximum Gasteiger partial charge on any atom is 0.329 e. The quantitative estimate of drug-likeness (QED) is 0.616. The maximum atomic E-state index is 12.7. The van der Waals surface area contributed by atoms with Crippen molar-refractivity contribution in [3.05, 3.63) is 50.7 Å². The minimum atomic E-state index is -0.863. The lowest BCUT2D eigenvalue weighted by Crippen LogP contribution is -2.36. The minimum absolute atomic E-state index is 0.0723. The molecule has 31 heavy (non-hydrogen) atoms. The number of aryl methyl sites for hydroxylation is 2. The van der Waals surface area contributed by atoms with E-state index in [0.29, 0.717) is 23.3 Å². The molecule has 2 aromatic heterocycles. The highest BCUT2D eigenvalue weighted by Gasteiger charge is 2.25. The van der Waals surface area contributed by atoms with E-state index in [1.165, 1.54) is 4.57 Å². The first kappa shape index (κ1) is 21.2. The van der Waals surface area contributed by atoms with E-state index in [4.69, 9.17) is 4.74 Å². The van der Waals surface area contributed by atoms with E-state index >= 15 is 0 Å². The molecule has 0 saturated carbocycles. The first-order valence-corrected chi connectivity index (χ1v) is 10.7. The number of aromatic nitrogens is 4. The molecule has 9 nitrogen and oxygen atoms in total. The molecule has 1 atom stereocenters. The Hall–Kier alpha value is -3.07. The molecule has 1 saturated heterocycles. The fourth-order valence-corrected chi connectivity index (χ4v) is 3.94. The lowest BCUT2D eigenvalue weighted by atomic mass is 10.00. The molecule has 3 heterocycles. The molecule has 1 aromatic carbocycles. The SMILES string of the molecule is Cc1ccc(OC[C@@H](O)Cn2c(N3CCC(C)CC3)nc3c2c(=O)[nH]c(=O)n3C)cc1. The maximum absolute atomic E-state index is 12.7. The van der Waals surface area contributed by atoms with E-state index in [0.717, 1.165) is 31.5 Å². The molecule has 0 aliphatic carbocycles. The molecule has 1 fully saturated rings. The van der Waals surface area contributed by atoms with Crippen LogP contribution in [0.15, 0.2) is 33.9 Å². The molecule has 9 heteroatoms. The number of anilines is 1. The number of hydrogen-bond donors (Lipinski definition) is 2. The summed E-state index contributed by atoms with van der Waals surface area (Å²) in [5.74, 6) is 1.91. The molecule has 3 aromatic rings. The predicted octanol–water partition coefficient (Wildman–Crippen LogP) is 1.41. The monoisotopic (exact) mass is 427 g/mol. The van der Waals surface area contributed by atoms with Gasteiger partial charge in [-0.3, -0.25) is 14.3 Å². The van der Waals surface area contributed by atoms with Crippen molar-refractivity contribution in [3.63, 3.8) is 0 Å². The van der Waals surface area contributed by atoms with Crippen molar-refractivity contribution in [1.29, 1.82) is 0 Å². The highest BCUT2D eigenvalue weighted by Crippen LogP contribution is 2.25. The Balaban J connectivity index is 1.65. The molecule has 0 spiro atoms. The van der Waals surface area contributed by atoms with E-state index in [9.17, 15) is 14.7 Å². The van der Waals surface area contributed by atoms with E-state index < -0.39 is 17.4 Å². The number of benzene rings is 1. The number of aliphatic hydroxyl groups excluding tert-OH is 1. The predicted molar refractivity (Wildman–Crippen MR) is 119 cm³/mol. The summed E-state index contributed by atoms with van der Waals surface area (Å²) < 4.78 is 8.76. The van der Waals surface area contributed by atoms with Gasteiger partial charge in [0.15, 0.2) is 11.2 Å². The summed E-state index contributed by atoms with van der Waals surface area (Å²) in [5, 5.41) is 10.7. The van der Waals surface area contributed by atoms with Gasteiger partial charge in [0, 0.05) is 20.1 Å². The zero-order valence-electron chi connectivity index (χ0n) is 18.2. The van der Waals surface area contributed by atoms with Gasteiger partial charge in [-0.2, -0.15) is 4.98 Å². The number of fused-ring (bicyclic) bond motifs is 1. The molecule has 0 bridgehead atoms. The van der Waals surface area contributed by atoms with E-state index in [-0.39, 0.29) is 18.7 Å². The van der Waals surface area contributed by atoms with Crippen molar-refractivity contribution >= 4 is 17.1 Å². The lowest BCUT2D eigenvalue weighted by Gasteiger charge is -2.31. The summed E-state index contributed by atoms with van der Waals surface area (Å²) in [7, 11) is 1.58. The third-order valence-electron chi connectivity index (χ3n) is 5.91. The van der Waals surface area contributed by atoms with Gasteiger partial charge in [0.05, 0.1) is 6.54 Å². The Morgan fingerprint density at radius 3 is 2.58 bits per heavy atom. The van der Waals surface area contributed by atoms with Crippen LogP contribution in [0, 0.1) is 12.8 Å². The smallest absolute Gasteiger partial charge is 0.329 e. The zero-order valence-corrected chi connectivity index (χ0v) is 18.2. The van der Waals surface area contributed by atoms with E-state index in [1.54, 1.807) is 11.6 Å². The Bertz CT molecular complexity index is 1170. The molecule has 0 radical (unpaired) electrons. The van der Waals surface area contributed by atoms with Crippen molar-refractivity contribution in [2.45, 2.75) is 39.3 Å². The van der Waals surface area contributed by atoms with Crippen LogP contribution in [-0.4, -0.2) is 50.0 Å². The van der Waals surface area contributed by atoms with Crippen molar-refractivity contribution in [1.82, 2.24) is 19.1 Å². The number of nitrogens with zero attached hydrogens (tertiary/aromatic N) is 4. The molecule has 1 aliphatic rings. The number of ether oxygens (including phenoxy) is 1. The van der Waals surface area contributed by atoms with Gasteiger partial charge in [0.1, 0.15) is 18.5 Å². The first-order chi connectivity index (χ1) is 14.8. The van der Waals surface area contributed by atoms with Gasteiger partial charge < -0.3 is 19.3 Å². The molecule has 0 amide bonds. The van der Waals surface area contributed by atoms with Crippen LogP contribution in [-0.2, 0) is 13.6 Å². The number of aromatic amines is 1. The highest BCUT2D eigenvalue weighted by molar-refractivity contribution is 5.74. The van der Waals surface area contributed by atoms with Crippen molar-refractivity contribution in [2.24, 2.45) is 13.0 Å². The molecule has 2 N–H and O–H groups in total. The van der Waals surface area contributed by atoms with Gasteiger partial charge in [-0.1, -0.05) is 24.6 Å². The molecule has 166 valence electrons. The number of aliphatic hydroxyl groups is 1. The summed E-state index contributed by atoms with van der Waals surface area (Å²) in [4.78, 5) is 33.8. The zero-order chi connectivity index (χ0) is 22.1. The van der Waals surface area contributed by atoms with Crippen LogP contribution in [0.5, 0.6) is 5.75 Å². The molecular weight excluding hydrogens is 398 g/mol. The third-order valence-corrected chi connectivity index (χ3v) is 5.91. The second kappa shape index (κ2) is 8.58. The Labute approximate surface area is 179 Å². The summed E-state index contributed by atoms with van der Waals surface area (Å²) in [6.45, 7) is 6.05. The van der Waals surface area contributed by atoms with E-state index in [1.807, 2.05) is 31.2 Å². The van der Waals surface area contributed by atoms with Crippen LogP contribution >= 0.6 is 0 Å². The largest absolute Gasteiger partial charge is 0.491 e. The van der Waals surface area contributed by atoms with Crippen LogP contribution in [0.3, 0.4) is 0 Å². The van der Waals surface area contributed by atoms with Gasteiger partial charge in [-0.25, -0.2) is 4.79 Å². The fourth-order valence-electron chi connectivity index (χ4n) is 3.94. The van der Waals surface area contributed by atoms with Gasteiger partial charge in [-0.05, 0) is 37.8 Å². The number of imidazole rings is 1. The lowest BCUT2D eigenvalue weighted by molar-refractivity contribution is 0.0935. The number of H-pyrrole nitrogens is 1. The van der Waals surface area contributed by atoms with Gasteiger partial charge in [0.25, 0.3) is 5.56 Å². The number of rotatable bonds is 6. The van der Waals surface area contributed by atoms with Crippen LogP contribution in [0.25, 0.3) is 11.2 Å². The molecule has 4 rings (SSSR count). The molecule has 0 unspecified atom stereocenters. The Morgan fingerprint density at radius 2 is 1.90 bits per heavy atom. The summed E-state index contributed by atoms with van der Waals surface area (Å²) >= 11 is 0. The molecule has 1 aliphatic heterocycles. The standard InChI is InChI=1S/C22H29N5O4/c1-14-4-6-17(7-5-14)31-13-16(28)12-27-18-19(25(3)22(30)24-20(18)29)23-21(27)26-10-8-15(2)9-11-26/h4-7,15-16,28H,8-13H2,1-3H3,(H,24,29,30)/t16-/m0/s1. The molecular formula is C22H29N5O4. The normalized spacial score (nSPS) is 16.1. The van der Waals surface area contributed by atoms with Gasteiger partial charge in [0.2, 0.25) is 5.95 Å². The number of nitrogens with one attached hydrogen (secondary N) is 1. The second-order valence-electron chi connectivity index (χ2n) is 8.46. The topological polar surface area (TPSA) is 105 Å². The summed E-state index contributed by atoms with van der Waals surface area (Å²) in [6.07, 6.45) is 1.19. The summed E-state index contributed by atoms with van der Waals surface area (Å²) in [6, 6.07) is 7.60. The van der Waals surface area contributed by atoms with Crippen LogP contribution < -0.4 is 20.9 Å². The van der Waals surface area contributed by atoms with Gasteiger partial charge >= 0.3 is 5.69 Å². The van der Waals surface area contributed by atoms with Crippen molar-refractivity contribution in [2.75, 3.05) is 24.6 Å². The first-order valence-electron chi connectivity index (χ1n) is 10.7. The van der Waals surface area contributed by atoms with Crippen LogP contribution in [0.2, 0.25) is 0 Å². The third kappa shape index (κ3) is 4.36. The number of piperidine rings is 1. The fraction of sp³-hybridized carbons (Fsp3) is 0.500. The summed E-state index contributed by atoms with van der Waals surface area (Å²) in [5.41, 5.74) is 0.709. The second-order valence-corrected chi connectivity index (χ2v) is 8.46. The highest BCUT2D eigenvalue weighted by atomic mass is 16.5. The minimum Gasteiger partial charge on any atom is -0.491 e.